The van der Waals surface area contributed by atoms with E-state index in [0.29, 0.717) is 18.1 Å². The van der Waals surface area contributed by atoms with E-state index in [0.717, 1.165) is 13.2 Å². The monoisotopic (exact) mass is 229 g/mol. The molecule has 0 aromatic carbocycles. The van der Waals surface area contributed by atoms with E-state index < -0.39 is 0 Å². The smallest absolute Gasteiger partial charge is 0.0671 e. The van der Waals surface area contributed by atoms with Gasteiger partial charge in [-0.15, -0.1) is 0 Å². The Hall–Kier alpha value is -0.0800. The molecule has 0 aliphatic heterocycles. The van der Waals surface area contributed by atoms with Gasteiger partial charge in [0.2, 0.25) is 0 Å². The van der Waals surface area contributed by atoms with Crippen molar-refractivity contribution in [3.05, 3.63) is 0 Å². The molecule has 3 atom stereocenters. The topological polar surface area (TPSA) is 21.3 Å². The molecule has 0 spiro atoms. The molecule has 0 bridgehead atoms. The second-order valence-corrected chi connectivity index (χ2v) is 5.14. The van der Waals surface area contributed by atoms with Crippen LogP contribution in [-0.2, 0) is 4.74 Å². The van der Waals surface area contributed by atoms with Gasteiger partial charge in [0.25, 0.3) is 0 Å². The first kappa shape index (κ1) is 15.9. The van der Waals surface area contributed by atoms with Crippen LogP contribution in [0.2, 0.25) is 0 Å². The predicted molar refractivity (Wildman–Crippen MR) is 71.9 cm³/mol. The van der Waals surface area contributed by atoms with Gasteiger partial charge >= 0.3 is 0 Å². The summed E-state index contributed by atoms with van der Waals surface area (Å²) >= 11 is 0. The summed E-state index contributed by atoms with van der Waals surface area (Å²) in [6.45, 7) is 13.0. The summed E-state index contributed by atoms with van der Waals surface area (Å²) in [5, 5.41) is 3.51. The molecule has 0 heterocycles. The van der Waals surface area contributed by atoms with Gasteiger partial charge in [0.15, 0.2) is 0 Å². The Morgan fingerprint density at radius 3 is 2.19 bits per heavy atom. The molecule has 0 radical (unpaired) electrons. The van der Waals surface area contributed by atoms with Crippen LogP contribution in [-0.4, -0.2) is 25.3 Å². The summed E-state index contributed by atoms with van der Waals surface area (Å²) in [6.07, 6.45) is 5.35. The standard InChI is InChI=1S/C14H31NO/c1-6-8-12(3)11-16-14(5)10-15-13(4)9-7-2/h12-15H,6-11H2,1-5H3. The van der Waals surface area contributed by atoms with Crippen molar-refractivity contribution in [2.45, 2.75) is 72.4 Å². The van der Waals surface area contributed by atoms with Crippen molar-refractivity contribution in [1.29, 1.82) is 0 Å². The molecule has 3 unspecified atom stereocenters. The number of hydrogen-bond acceptors (Lipinski definition) is 2. The highest BCUT2D eigenvalue weighted by Crippen LogP contribution is 2.06. The van der Waals surface area contributed by atoms with E-state index in [1.54, 1.807) is 0 Å². The first-order valence-corrected chi connectivity index (χ1v) is 6.95. The normalized spacial score (nSPS) is 17.1. The Bertz CT molecular complexity index is 134. The summed E-state index contributed by atoms with van der Waals surface area (Å²) in [7, 11) is 0. The van der Waals surface area contributed by atoms with E-state index in [2.05, 4.69) is 39.9 Å². The summed E-state index contributed by atoms with van der Waals surface area (Å²) in [6, 6.07) is 0.615. The maximum absolute atomic E-state index is 5.82. The number of ether oxygens (including phenoxy) is 1. The van der Waals surface area contributed by atoms with Gasteiger partial charge in [-0.3, -0.25) is 0 Å². The molecule has 0 aliphatic carbocycles. The second kappa shape index (κ2) is 10.1. The van der Waals surface area contributed by atoms with Crippen LogP contribution in [0.4, 0.5) is 0 Å². The number of rotatable bonds is 10. The second-order valence-electron chi connectivity index (χ2n) is 5.14. The molecule has 0 saturated heterocycles. The van der Waals surface area contributed by atoms with E-state index in [1.807, 2.05) is 0 Å². The van der Waals surface area contributed by atoms with Gasteiger partial charge < -0.3 is 10.1 Å². The molecular weight excluding hydrogens is 198 g/mol. The van der Waals surface area contributed by atoms with Crippen molar-refractivity contribution in [3.63, 3.8) is 0 Å². The molecule has 16 heavy (non-hydrogen) atoms. The molecule has 0 fully saturated rings. The average Bonchev–Trinajstić information content (AvgIpc) is 2.24. The van der Waals surface area contributed by atoms with E-state index in [9.17, 15) is 0 Å². The van der Waals surface area contributed by atoms with Crippen molar-refractivity contribution in [2.24, 2.45) is 5.92 Å². The highest BCUT2D eigenvalue weighted by atomic mass is 16.5. The van der Waals surface area contributed by atoms with Crippen molar-refractivity contribution in [2.75, 3.05) is 13.2 Å². The van der Waals surface area contributed by atoms with Crippen LogP contribution < -0.4 is 5.32 Å². The summed E-state index contributed by atoms with van der Waals surface area (Å²) in [5.41, 5.74) is 0. The maximum atomic E-state index is 5.82. The Labute approximate surface area is 102 Å². The van der Waals surface area contributed by atoms with Crippen molar-refractivity contribution >= 4 is 0 Å². The van der Waals surface area contributed by atoms with Crippen LogP contribution >= 0.6 is 0 Å². The van der Waals surface area contributed by atoms with Crippen LogP contribution in [0.25, 0.3) is 0 Å². The average molecular weight is 229 g/mol. The van der Waals surface area contributed by atoms with Gasteiger partial charge in [0.05, 0.1) is 6.10 Å². The SMILES string of the molecule is CCCC(C)COC(C)CNC(C)CCC. The Balaban J connectivity index is 3.46. The van der Waals surface area contributed by atoms with E-state index in [-0.39, 0.29) is 0 Å². The van der Waals surface area contributed by atoms with E-state index >= 15 is 0 Å². The molecule has 98 valence electrons. The third-order valence-corrected chi connectivity index (χ3v) is 2.92. The predicted octanol–water partition coefficient (Wildman–Crippen LogP) is 3.61. The van der Waals surface area contributed by atoms with Crippen LogP contribution in [0.15, 0.2) is 0 Å². The van der Waals surface area contributed by atoms with Crippen molar-refractivity contribution in [1.82, 2.24) is 5.32 Å². The van der Waals surface area contributed by atoms with Gasteiger partial charge in [-0.1, -0.05) is 33.6 Å². The zero-order valence-corrected chi connectivity index (χ0v) is 11.9. The minimum atomic E-state index is 0.332. The molecule has 0 aliphatic rings. The lowest BCUT2D eigenvalue weighted by Gasteiger charge is -2.19. The van der Waals surface area contributed by atoms with E-state index in [4.69, 9.17) is 4.74 Å². The number of hydrogen-bond donors (Lipinski definition) is 1. The van der Waals surface area contributed by atoms with Crippen LogP contribution in [0.1, 0.15) is 60.3 Å². The van der Waals surface area contributed by atoms with Crippen molar-refractivity contribution in [3.8, 4) is 0 Å². The number of nitrogens with one attached hydrogen (secondary N) is 1. The minimum absolute atomic E-state index is 0.332. The van der Waals surface area contributed by atoms with Gasteiger partial charge in [-0.05, 0) is 32.6 Å². The molecule has 1 N–H and O–H groups in total. The first-order valence-electron chi connectivity index (χ1n) is 6.95. The zero-order valence-electron chi connectivity index (χ0n) is 11.9. The molecule has 0 rings (SSSR count). The third kappa shape index (κ3) is 9.17. The fourth-order valence-electron chi connectivity index (χ4n) is 1.87. The Morgan fingerprint density at radius 2 is 1.62 bits per heavy atom. The van der Waals surface area contributed by atoms with Crippen LogP contribution in [0.5, 0.6) is 0 Å². The van der Waals surface area contributed by atoms with Gasteiger partial charge in [-0.2, -0.15) is 0 Å². The van der Waals surface area contributed by atoms with Crippen LogP contribution in [0, 0.1) is 5.92 Å². The summed E-state index contributed by atoms with van der Waals surface area (Å²) in [5.74, 6) is 0.695. The molecule has 0 aromatic heterocycles. The highest BCUT2D eigenvalue weighted by molar-refractivity contribution is 4.63. The quantitative estimate of drug-likeness (QED) is 0.618. The first-order chi connectivity index (χ1) is 7.60. The third-order valence-electron chi connectivity index (χ3n) is 2.92. The van der Waals surface area contributed by atoms with Crippen LogP contribution in [0.3, 0.4) is 0 Å². The molecule has 2 heteroatoms. The fourth-order valence-corrected chi connectivity index (χ4v) is 1.87. The zero-order chi connectivity index (χ0) is 12.4. The Kier molecular flexibility index (Phi) is 10.0. The lowest BCUT2D eigenvalue weighted by molar-refractivity contribution is 0.0407. The maximum Gasteiger partial charge on any atom is 0.0671 e. The molecule has 2 nitrogen and oxygen atoms in total. The Morgan fingerprint density at radius 1 is 1.00 bits per heavy atom. The van der Waals surface area contributed by atoms with E-state index in [1.165, 1.54) is 25.7 Å². The lowest BCUT2D eigenvalue weighted by Crippen LogP contribution is -2.34. The summed E-state index contributed by atoms with van der Waals surface area (Å²) in [4.78, 5) is 0. The fraction of sp³-hybridized carbons (Fsp3) is 1.00. The minimum Gasteiger partial charge on any atom is -0.377 e. The van der Waals surface area contributed by atoms with Gasteiger partial charge in [0.1, 0.15) is 0 Å². The molecule has 0 saturated carbocycles. The van der Waals surface area contributed by atoms with Crippen molar-refractivity contribution < 1.29 is 4.74 Å². The van der Waals surface area contributed by atoms with Gasteiger partial charge in [-0.25, -0.2) is 0 Å². The summed E-state index contributed by atoms with van der Waals surface area (Å²) < 4.78 is 5.82. The van der Waals surface area contributed by atoms with Gasteiger partial charge in [0, 0.05) is 19.2 Å². The largest absolute Gasteiger partial charge is 0.377 e. The molecule has 0 aromatic rings. The molecule has 0 amide bonds. The molecular formula is C14H31NO. The highest BCUT2D eigenvalue weighted by Gasteiger charge is 2.07. The lowest BCUT2D eigenvalue weighted by atomic mass is 10.1.